The molecule has 2 aromatic rings. The van der Waals surface area contributed by atoms with Crippen LogP contribution in [0.25, 0.3) is 0 Å². The second kappa shape index (κ2) is 7.77. The second-order valence-corrected chi connectivity index (χ2v) is 8.00. The lowest BCUT2D eigenvalue weighted by molar-refractivity contribution is 0.343. The highest BCUT2D eigenvalue weighted by atomic mass is 32.2. The van der Waals surface area contributed by atoms with Gasteiger partial charge in [0.05, 0.1) is 11.5 Å². The number of primary sulfonamides is 1. The van der Waals surface area contributed by atoms with Gasteiger partial charge in [-0.15, -0.1) is 10.2 Å². The molecule has 0 aliphatic rings. The SMILES string of the molecule is CCNc1nnc(SCCOc2ccc(S(N)(=O)=O)cc2)s1. The molecule has 10 heteroatoms. The van der Waals surface area contributed by atoms with Crippen molar-refractivity contribution in [3.8, 4) is 5.75 Å². The van der Waals surface area contributed by atoms with Crippen LogP contribution < -0.4 is 15.2 Å². The highest BCUT2D eigenvalue weighted by molar-refractivity contribution is 8.01. The third kappa shape index (κ3) is 5.13. The molecule has 0 spiro atoms. The minimum atomic E-state index is -3.66. The van der Waals surface area contributed by atoms with Crippen molar-refractivity contribution in [3.05, 3.63) is 24.3 Å². The van der Waals surface area contributed by atoms with E-state index in [-0.39, 0.29) is 4.90 Å². The van der Waals surface area contributed by atoms with Gasteiger partial charge in [0, 0.05) is 12.3 Å². The van der Waals surface area contributed by atoms with Crippen molar-refractivity contribution in [2.24, 2.45) is 5.14 Å². The summed E-state index contributed by atoms with van der Waals surface area (Å²) in [5.74, 6) is 1.32. The van der Waals surface area contributed by atoms with E-state index in [1.807, 2.05) is 6.92 Å². The molecule has 1 heterocycles. The van der Waals surface area contributed by atoms with Crippen LogP contribution in [0.3, 0.4) is 0 Å². The highest BCUT2D eigenvalue weighted by Crippen LogP contribution is 2.25. The van der Waals surface area contributed by atoms with Crippen LogP contribution in [0.5, 0.6) is 5.75 Å². The molecule has 0 radical (unpaired) electrons. The van der Waals surface area contributed by atoms with Crippen molar-refractivity contribution in [2.75, 3.05) is 24.2 Å². The van der Waals surface area contributed by atoms with Gasteiger partial charge in [0.25, 0.3) is 0 Å². The summed E-state index contributed by atoms with van der Waals surface area (Å²) in [5, 5.41) is 17.0. The molecule has 3 N–H and O–H groups in total. The Balaban J connectivity index is 1.76. The molecular formula is C12H16N4O3S3. The number of benzene rings is 1. The molecule has 0 saturated carbocycles. The first kappa shape index (κ1) is 17.0. The van der Waals surface area contributed by atoms with Gasteiger partial charge >= 0.3 is 0 Å². The summed E-state index contributed by atoms with van der Waals surface area (Å²) in [4.78, 5) is 0.0686. The number of ether oxygens (including phenoxy) is 1. The van der Waals surface area contributed by atoms with Gasteiger partial charge in [-0.1, -0.05) is 23.1 Å². The molecule has 1 aromatic carbocycles. The summed E-state index contributed by atoms with van der Waals surface area (Å²) in [6, 6.07) is 6.01. The summed E-state index contributed by atoms with van der Waals surface area (Å²) in [5.41, 5.74) is 0. The molecule has 7 nitrogen and oxygen atoms in total. The zero-order valence-corrected chi connectivity index (χ0v) is 14.3. The lowest BCUT2D eigenvalue weighted by Crippen LogP contribution is -2.11. The van der Waals surface area contributed by atoms with Gasteiger partial charge < -0.3 is 10.1 Å². The first-order valence-electron chi connectivity index (χ1n) is 6.45. The Kier molecular flexibility index (Phi) is 6.00. The van der Waals surface area contributed by atoms with Gasteiger partial charge in [0.15, 0.2) is 4.34 Å². The number of nitrogens with one attached hydrogen (secondary N) is 1. The molecule has 0 fully saturated rings. The molecule has 22 heavy (non-hydrogen) atoms. The Morgan fingerprint density at radius 3 is 2.68 bits per heavy atom. The first-order chi connectivity index (χ1) is 10.5. The van der Waals surface area contributed by atoms with Crippen molar-refractivity contribution < 1.29 is 13.2 Å². The van der Waals surface area contributed by atoms with Crippen molar-refractivity contribution in [3.63, 3.8) is 0 Å². The Hall–Kier alpha value is -1.36. The van der Waals surface area contributed by atoms with Gasteiger partial charge in [-0.2, -0.15) is 0 Å². The van der Waals surface area contributed by atoms with E-state index in [1.54, 1.807) is 23.9 Å². The monoisotopic (exact) mass is 360 g/mol. The molecular weight excluding hydrogens is 344 g/mol. The zero-order valence-electron chi connectivity index (χ0n) is 11.9. The summed E-state index contributed by atoms with van der Waals surface area (Å²) in [7, 11) is -3.66. The number of sulfonamides is 1. The normalized spacial score (nSPS) is 11.4. The van der Waals surface area contributed by atoms with Gasteiger partial charge in [-0.05, 0) is 31.2 Å². The van der Waals surface area contributed by atoms with Gasteiger partial charge in [0.2, 0.25) is 15.2 Å². The molecule has 0 amide bonds. The van der Waals surface area contributed by atoms with Crippen LogP contribution in [0.2, 0.25) is 0 Å². The number of aromatic nitrogens is 2. The van der Waals surface area contributed by atoms with Gasteiger partial charge in [0.1, 0.15) is 5.75 Å². The Morgan fingerprint density at radius 1 is 1.32 bits per heavy atom. The number of anilines is 1. The quantitative estimate of drug-likeness (QED) is 0.546. The van der Waals surface area contributed by atoms with Crippen LogP contribution >= 0.6 is 23.1 Å². The van der Waals surface area contributed by atoms with Crippen LogP contribution in [0.4, 0.5) is 5.13 Å². The minimum absolute atomic E-state index is 0.0686. The Labute approximate surface area is 137 Å². The Morgan fingerprint density at radius 2 is 2.05 bits per heavy atom. The second-order valence-electron chi connectivity index (χ2n) is 4.12. The zero-order chi connectivity index (χ0) is 16.0. The lowest BCUT2D eigenvalue weighted by atomic mass is 10.3. The average Bonchev–Trinajstić information content (AvgIpc) is 2.91. The average molecular weight is 360 g/mol. The fourth-order valence-corrected chi connectivity index (χ4v) is 3.73. The maximum Gasteiger partial charge on any atom is 0.238 e. The fourth-order valence-electron chi connectivity index (χ4n) is 1.50. The summed E-state index contributed by atoms with van der Waals surface area (Å²) in [6.45, 7) is 3.30. The van der Waals surface area contributed by atoms with Crippen molar-refractivity contribution in [2.45, 2.75) is 16.2 Å². The molecule has 2 rings (SSSR count). The van der Waals surface area contributed by atoms with Crippen LogP contribution in [-0.4, -0.2) is 37.5 Å². The van der Waals surface area contributed by atoms with E-state index in [4.69, 9.17) is 9.88 Å². The number of hydrogen-bond donors (Lipinski definition) is 2. The molecule has 1 aromatic heterocycles. The van der Waals surface area contributed by atoms with Crippen molar-refractivity contribution in [1.29, 1.82) is 0 Å². The van der Waals surface area contributed by atoms with Crippen LogP contribution in [-0.2, 0) is 10.0 Å². The molecule has 120 valence electrons. The van der Waals surface area contributed by atoms with E-state index < -0.39 is 10.0 Å². The molecule has 0 saturated heterocycles. The van der Waals surface area contributed by atoms with E-state index in [2.05, 4.69) is 15.5 Å². The van der Waals surface area contributed by atoms with E-state index in [0.717, 1.165) is 21.8 Å². The fraction of sp³-hybridized carbons (Fsp3) is 0.333. The molecule has 0 unspecified atom stereocenters. The summed E-state index contributed by atoms with van der Waals surface area (Å²) < 4.78 is 28.7. The predicted molar refractivity (Wildman–Crippen MR) is 88.1 cm³/mol. The van der Waals surface area contributed by atoms with E-state index in [1.165, 1.54) is 23.5 Å². The first-order valence-corrected chi connectivity index (χ1v) is 9.79. The molecule has 0 atom stereocenters. The maximum absolute atomic E-state index is 11.1. The molecule has 0 aliphatic carbocycles. The Bertz CT molecular complexity index is 701. The van der Waals surface area contributed by atoms with E-state index >= 15 is 0 Å². The summed E-state index contributed by atoms with van der Waals surface area (Å²) >= 11 is 3.06. The maximum atomic E-state index is 11.1. The summed E-state index contributed by atoms with van der Waals surface area (Å²) in [6.07, 6.45) is 0. The van der Waals surface area contributed by atoms with Gasteiger partial charge in [-0.25, -0.2) is 13.6 Å². The minimum Gasteiger partial charge on any atom is -0.493 e. The number of nitrogens with zero attached hydrogens (tertiary/aromatic N) is 2. The van der Waals surface area contributed by atoms with Crippen molar-refractivity contribution >= 4 is 38.3 Å². The van der Waals surface area contributed by atoms with Crippen LogP contribution in [0.1, 0.15) is 6.92 Å². The lowest BCUT2D eigenvalue weighted by Gasteiger charge is -2.05. The third-order valence-electron chi connectivity index (χ3n) is 2.46. The van der Waals surface area contributed by atoms with Crippen molar-refractivity contribution in [1.82, 2.24) is 10.2 Å². The molecule has 0 bridgehead atoms. The number of rotatable bonds is 8. The standard InChI is InChI=1S/C12H16N4O3S3/c1-2-14-11-15-16-12(21-11)20-8-7-19-9-3-5-10(6-4-9)22(13,17)18/h3-6H,2,7-8H2,1H3,(H,14,15)(H2,13,17,18). The van der Waals surface area contributed by atoms with E-state index in [0.29, 0.717) is 12.4 Å². The number of thioether (sulfide) groups is 1. The van der Waals surface area contributed by atoms with Gasteiger partial charge in [-0.3, -0.25) is 0 Å². The van der Waals surface area contributed by atoms with Crippen LogP contribution in [0.15, 0.2) is 33.5 Å². The van der Waals surface area contributed by atoms with E-state index in [9.17, 15) is 8.42 Å². The number of hydrogen-bond acceptors (Lipinski definition) is 8. The smallest absolute Gasteiger partial charge is 0.238 e. The molecule has 0 aliphatic heterocycles. The van der Waals surface area contributed by atoms with Crippen LogP contribution in [0, 0.1) is 0 Å². The highest BCUT2D eigenvalue weighted by Gasteiger charge is 2.07. The predicted octanol–water partition coefficient (Wildman–Crippen LogP) is 1.79. The third-order valence-corrected chi connectivity index (χ3v) is 5.37. The topological polar surface area (TPSA) is 107 Å². The number of nitrogens with two attached hydrogens (primary N) is 1. The largest absolute Gasteiger partial charge is 0.493 e.